The molecule has 1 amide bonds. The first-order chi connectivity index (χ1) is 8.67. The Balaban J connectivity index is 2.70. The van der Waals surface area contributed by atoms with E-state index >= 15 is 0 Å². The van der Waals surface area contributed by atoms with Crippen molar-refractivity contribution < 1.29 is 9.90 Å². The fraction of sp³-hybridized carbons (Fsp3) is 0.417. The highest BCUT2D eigenvalue weighted by molar-refractivity contribution is 9.10. The Kier molecular flexibility index (Phi) is 6.70. The average molecular weight is 316 g/mol. The van der Waals surface area contributed by atoms with Crippen LogP contribution in [0.5, 0.6) is 0 Å². The summed E-state index contributed by atoms with van der Waals surface area (Å²) in [7, 11) is 1.81. The van der Waals surface area contributed by atoms with Crippen molar-refractivity contribution in [2.24, 2.45) is 0 Å². The first-order valence-corrected chi connectivity index (χ1v) is 6.55. The van der Waals surface area contributed by atoms with Crippen LogP contribution in [0.4, 0.5) is 11.4 Å². The molecule has 4 N–H and O–H groups in total. The van der Waals surface area contributed by atoms with Crippen molar-refractivity contribution in [3.05, 3.63) is 22.7 Å². The molecule has 5 nitrogen and oxygen atoms in total. The molecule has 18 heavy (non-hydrogen) atoms. The molecule has 1 aromatic rings. The average Bonchev–Trinajstić information content (AvgIpc) is 2.36. The second kappa shape index (κ2) is 8.07. The van der Waals surface area contributed by atoms with Crippen LogP contribution in [-0.4, -0.2) is 37.8 Å². The van der Waals surface area contributed by atoms with Crippen molar-refractivity contribution in [1.29, 1.82) is 0 Å². The summed E-state index contributed by atoms with van der Waals surface area (Å²) in [4.78, 5) is 11.6. The van der Waals surface area contributed by atoms with Crippen LogP contribution in [0.15, 0.2) is 22.7 Å². The molecule has 0 aliphatic carbocycles. The van der Waals surface area contributed by atoms with Gasteiger partial charge in [0.25, 0.3) is 0 Å². The predicted molar refractivity (Wildman–Crippen MR) is 76.9 cm³/mol. The van der Waals surface area contributed by atoms with Gasteiger partial charge in [-0.3, -0.25) is 4.79 Å². The highest BCUT2D eigenvalue weighted by Gasteiger charge is 2.06. The van der Waals surface area contributed by atoms with Gasteiger partial charge in [-0.1, -0.05) is 15.9 Å². The summed E-state index contributed by atoms with van der Waals surface area (Å²) in [5.41, 5.74) is 1.50. The number of aliphatic hydroxyl groups is 1. The second-order valence-electron chi connectivity index (χ2n) is 3.74. The largest absolute Gasteiger partial charge is 0.395 e. The van der Waals surface area contributed by atoms with Crippen molar-refractivity contribution in [3.63, 3.8) is 0 Å². The molecule has 0 aliphatic rings. The number of rotatable bonds is 7. The van der Waals surface area contributed by atoms with Crippen LogP contribution in [0.3, 0.4) is 0 Å². The molecule has 0 unspecified atom stereocenters. The molecular formula is C12H18BrN3O2. The van der Waals surface area contributed by atoms with Crippen LogP contribution in [0, 0.1) is 0 Å². The number of benzene rings is 1. The molecular weight excluding hydrogens is 298 g/mol. The first kappa shape index (κ1) is 14.9. The Morgan fingerprint density at radius 3 is 2.78 bits per heavy atom. The standard InChI is InChI=1S/C12H18BrN3O2/c1-14-5-4-12(18)16-10-3-2-9(13)8-11(10)15-6-7-17/h2-3,8,14-15,17H,4-7H2,1H3,(H,16,18). The maximum atomic E-state index is 11.6. The quantitative estimate of drug-likeness (QED) is 0.614. The maximum absolute atomic E-state index is 11.6. The summed E-state index contributed by atoms with van der Waals surface area (Å²) in [5.74, 6) is -0.0429. The Bertz CT molecular complexity index is 399. The molecule has 100 valence electrons. The molecule has 0 aliphatic heterocycles. The van der Waals surface area contributed by atoms with E-state index in [0.29, 0.717) is 25.2 Å². The number of amides is 1. The van der Waals surface area contributed by atoms with Crippen LogP contribution in [0.1, 0.15) is 6.42 Å². The minimum atomic E-state index is -0.0429. The molecule has 6 heteroatoms. The molecule has 0 aromatic heterocycles. The van der Waals surface area contributed by atoms with Gasteiger partial charge in [0.05, 0.1) is 18.0 Å². The third-order valence-electron chi connectivity index (χ3n) is 2.29. The molecule has 0 atom stereocenters. The Hall–Kier alpha value is -1.11. The molecule has 0 spiro atoms. The van der Waals surface area contributed by atoms with Gasteiger partial charge in [0.1, 0.15) is 0 Å². The number of carbonyl (C=O) groups is 1. The molecule has 0 saturated heterocycles. The van der Waals surface area contributed by atoms with Crippen molar-refractivity contribution >= 4 is 33.2 Å². The van der Waals surface area contributed by atoms with Crippen LogP contribution in [0.25, 0.3) is 0 Å². The van der Waals surface area contributed by atoms with Crippen LogP contribution in [-0.2, 0) is 4.79 Å². The Morgan fingerprint density at radius 2 is 2.11 bits per heavy atom. The number of hydrogen-bond acceptors (Lipinski definition) is 4. The van der Waals surface area contributed by atoms with Gasteiger partial charge in [0.15, 0.2) is 0 Å². The summed E-state index contributed by atoms with van der Waals surface area (Å²) in [6.45, 7) is 1.12. The number of nitrogens with one attached hydrogen (secondary N) is 3. The molecule has 1 aromatic carbocycles. The summed E-state index contributed by atoms with van der Waals surface area (Å²) in [6.07, 6.45) is 0.423. The van der Waals surface area contributed by atoms with E-state index in [1.54, 1.807) is 7.05 Å². The lowest BCUT2D eigenvalue weighted by molar-refractivity contribution is -0.116. The Labute approximate surface area is 115 Å². The summed E-state index contributed by atoms with van der Waals surface area (Å²) in [5, 5.41) is 17.6. The summed E-state index contributed by atoms with van der Waals surface area (Å²) < 4.78 is 0.913. The first-order valence-electron chi connectivity index (χ1n) is 5.76. The van der Waals surface area contributed by atoms with E-state index in [1.807, 2.05) is 18.2 Å². The van der Waals surface area contributed by atoms with Gasteiger partial charge in [-0.25, -0.2) is 0 Å². The number of aliphatic hydroxyl groups excluding tert-OH is 1. The third-order valence-corrected chi connectivity index (χ3v) is 2.78. The van der Waals surface area contributed by atoms with Crippen molar-refractivity contribution in [1.82, 2.24) is 5.32 Å². The van der Waals surface area contributed by atoms with E-state index in [0.717, 1.165) is 10.2 Å². The number of hydrogen-bond donors (Lipinski definition) is 4. The zero-order chi connectivity index (χ0) is 13.4. The van der Waals surface area contributed by atoms with Gasteiger partial charge in [-0.2, -0.15) is 0 Å². The van der Waals surface area contributed by atoms with E-state index in [2.05, 4.69) is 31.9 Å². The lowest BCUT2D eigenvalue weighted by Gasteiger charge is -2.13. The minimum Gasteiger partial charge on any atom is -0.395 e. The second-order valence-corrected chi connectivity index (χ2v) is 4.66. The molecule has 1 rings (SSSR count). The number of anilines is 2. The minimum absolute atomic E-state index is 0.0413. The van der Waals surface area contributed by atoms with E-state index in [9.17, 15) is 4.79 Å². The van der Waals surface area contributed by atoms with Gasteiger partial charge < -0.3 is 21.1 Å². The van der Waals surface area contributed by atoms with E-state index in [1.165, 1.54) is 0 Å². The van der Waals surface area contributed by atoms with E-state index < -0.39 is 0 Å². The van der Waals surface area contributed by atoms with Crippen molar-refractivity contribution in [2.45, 2.75) is 6.42 Å². The molecule has 0 radical (unpaired) electrons. The van der Waals surface area contributed by atoms with Crippen molar-refractivity contribution in [2.75, 3.05) is 37.4 Å². The van der Waals surface area contributed by atoms with Gasteiger partial charge in [-0.15, -0.1) is 0 Å². The van der Waals surface area contributed by atoms with Crippen molar-refractivity contribution in [3.8, 4) is 0 Å². The smallest absolute Gasteiger partial charge is 0.225 e. The highest BCUT2D eigenvalue weighted by Crippen LogP contribution is 2.26. The SMILES string of the molecule is CNCCC(=O)Nc1ccc(Br)cc1NCCO. The number of carbonyl (C=O) groups excluding carboxylic acids is 1. The van der Waals surface area contributed by atoms with E-state index in [-0.39, 0.29) is 12.5 Å². The molecule has 0 bridgehead atoms. The molecule has 0 heterocycles. The van der Waals surface area contributed by atoms with Crippen LogP contribution < -0.4 is 16.0 Å². The lowest BCUT2D eigenvalue weighted by atomic mass is 10.2. The molecule has 0 saturated carbocycles. The maximum Gasteiger partial charge on any atom is 0.225 e. The summed E-state index contributed by atoms with van der Waals surface area (Å²) >= 11 is 3.37. The third kappa shape index (κ3) is 5.03. The number of halogens is 1. The van der Waals surface area contributed by atoms with E-state index in [4.69, 9.17) is 5.11 Å². The Morgan fingerprint density at radius 1 is 1.33 bits per heavy atom. The highest BCUT2D eigenvalue weighted by atomic mass is 79.9. The molecule has 0 fully saturated rings. The monoisotopic (exact) mass is 315 g/mol. The predicted octanol–water partition coefficient (Wildman–Crippen LogP) is 1.40. The fourth-order valence-electron chi connectivity index (χ4n) is 1.41. The topological polar surface area (TPSA) is 73.4 Å². The van der Waals surface area contributed by atoms with Gasteiger partial charge in [-0.05, 0) is 25.2 Å². The normalized spacial score (nSPS) is 10.2. The zero-order valence-corrected chi connectivity index (χ0v) is 11.9. The van der Waals surface area contributed by atoms with Gasteiger partial charge in [0.2, 0.25) is 5.91 Å². The zero-order valence-electron chi connectivity index (χ0n) is 10.3. The summed E-state index contributed by atoms with van der Waals surface area (Å²) in [6, 6.07) is 5.54. The van der Waals surface area contributed by atoms with Gasteiger partial charge in [0, 0.05) is 24.0 Å². The fourth-order valence-corrected chi connectivity index (χ4v) is 1.77. The van der Waals surface area contributed by atoms with Gasteiger partial charge >= 0.3 is 0 Å². The van der Waals surface area contributed by atoms with Crippen LogP contribution >= 0.6 is 15.9 Å². The van der Waals surface area contributed by atoms with Crippen LogP contribution in [0.2, 0.25) is 0 Å². The lowest BCUT2D eigenvalue weighted by Crippen LogP contribution is -2.19.